The summed E-state index contributed by atoms with van der Waals surface area (Å²) in [4.78, 5) is 30.3. The molecule has 1 aliphatic heterocycles. The van der Waals surface area contributed by atoms with Gasteiger partial charge in [-0.05, 0) is 17.7 Å². The van der Waals surface area contributed by atoms with Gasteiger partial charge in [-0.3, -0.25) is 9.59 Å². The topological polar surface area (TPSA) is 65.2 Å². The fourth-order valence-electron chi connectivity index (χ4n) is 3.44. The minimum Gasteiger partial charge on any atom is -0.361 e. The van der Waals surface area contributed by atoms with E-state index >= 15 is 0 Å². The third-order valence-corrected chi connectivity index (χ3v) is 6.43. The molecule has 1 fully saturated rings. The number of hydrogen-bond donors (Lipinski definition) is 2. The number of aromatic nitrogens is 1. The number of nitrogens with zero attached hydrogens (tertiary/aromatic N) is 1. The monoisotopic (exact) mass is 431 g/mol. The first-order valence-corrected chi connectivity index (χ1v) is 10.6. The molecule has 5 nitrogen and oxygen atoms in total. The number of amides is 2. The molecule has 2 amide bonds. The van der Waals surface area contributed by atoms with Crippen molar-refractivity contribution in [3.63, 3.8) is 0 Å². The Hall–Kier alpha value is -2.51. The van der Waals surface area contributed by atoms with Crippen molar-refractivity contribution >= 4 is 46.1 Å². The number of aromatic amines is 1. The van der Waals surface area contributed by atoms with Crippen LogP contribution < -0.4 is 5.32 Å². The molecule has 0 radical (unpaired) electrons. The molecule has 2 N–H and O–H groups in total. The van der Waals surface area contributed by atoms with Gasteiger partial charge in [0.1, 0.15) is 5.82 Å². The van der Waals surface area contributed by atoms with E-state index < -0.39 is 11.2 Å². The highest BCUT2D eigenvalue weighted by molar-refractivity contribution is 8.00. The van der Waals surface area contributed by atoms with Crippen LogP contribution in [-0.4, -0.2) is 39.4 Å². The molecule has 1 aliphatic rings. The first-order chi connectivity index (χ1) is 14.0. The maximum absolute atomic E-state index is 14.0. The van der Waals surface area contributed by atoms with Gasteiger partial charge in [0.2, 0.25) is 5.91 Å². The van der Waals surface area contributed by atoms with E-state index in [0.29, 0.717) is 17.9 Å². The summed E-state index contributed by atoms with van der Waals surface area (Å²) in [6, 6.07) is 12.5. The van der Waals surface area contributed by atoms with Crippen LogP contribution >= 0.6 is 23.4 Å². The number of carbonyl (C=O) groups is 2. The molecule has 2 aromatic carbocycles. The second-order valence-corrected chi connectivity index (χ2v) is 8.37. The Morgan fingerprint density at radius 3 is 2.90 bits per heavy atom. The molecule has 0 unspecified atom stereocenters. The van der Waals surface area contributed by atoms with Gasteiger partial charge in [0.25, 0.3) is 5.91 Å². The molecule has 0 saturated carbocycles. The van der Waals surface area contributed by atoms with Crippen molar-refractivity contribution in [1.82, 2.24) is 15.2 Å². The van der Waals surface area contributed by atoms with Gasteiger partial charge in [-0.15, -0.1) is 11.8 Å². The van der Waals surface area contributed by atoms with Gasteiger partial charge in [-0.2, -0.15) is 0 Å². The number of thioether (sulfide) groups is 1. The van der Waals surface area contributed by atoms with Crippen LogP contribution in [0.2, 0.25) is 5.02 Å². The fourth-order valence-corrected chi connectivity index (χ4v) is 4.80. The van der Waals surface area contributed by atoms with Crippen molar-refractivity contribution in [2.45, 2.75) is 18.3 Å². The maximum atomic E-state index is 14.0. The highest BCUT2D eigenvalue weighted by atomic mass is 35.5. The molecule has 1 saturated heterocycles. The predicted molar refractivity (Wildman–Crippen MR) is 113 cm³/mol. The molecule has 1 aromatic heterocycles. The summed E-state index contributed by atoms with van der Waals surface area (Å²) in [5.41, 5.74) is 2.19. The molecular formula is C21H19ClFN3O2S. The zero-order chi connectivity index (χ0) is 20.4. The number of carbonyl (C=O) groups excluding carboxylic acids is 2. The van der Waals surface area contributed by atoms with Crippen LogP contribution in [-0.2, 0) is 22.6 Å². The standard InChI is InChI=1S/C21H19ClFN3O2S/c22-16-6-3-4-13(19(16)23)11-25-20(28)21-26(8-9-29-21)18(27)10-14-12-24-17-7-2-1-5-15(14)17/h1-7,12,21,24H,8-11H2,(H,25,28)/t21-/m0/s1. The average molecular weight is 432 g/mol. The Bertz CT molecular complexity index is 1070. The van der Waals surface area contributed by atoms with Crippen LogP contribution in [0.15, 0.2) is 48.7 Å². The SMILES string of the molecule is O=C(NCc1cccc(Cl)c1F)[C@@H]1SCCN1C(=O)Cc1c[nH]c2ccccc12. The Morgan fingerprint density at radius 1 is 1.21 bits per heavy atom. The molecule has 0 spiro atoms. The highest BCUT2D eigenvalue weighted by Gasteiger charge is 2.34. The molecule has 0 bridgehead atoms. The molecule has 8 heteroatoms. The van der Waals surface area contributed by atoms with Crippen LogP contribution in [0.25, 0.3) is 10.9 Å². The van der Waals surface area contributed by atoms with E-state index in [2.05, 4.69) is 10.3 Å². The van der Waals surface area contributed by atoms with Crippen molar-refractivity contribution in [3.8, 4) is 0 Å². The van der Waals surface area contributed by atoms with E-state index in [9.17, 15) is 14.0 Å². The number of halogens is 2. The van der Waals surface area contributed by atoms with Gasteiger partial charge < -0.3 is 15.2 Å². The van der Waals surface area contributed by atoms with Crippen molar-refractivity contribution in [3.05, 3.63) is 70.6 Å². The Morgan fingerprint density at radius 2 is 2.03 bits per heavy atom. The minimum atomic E-state index is -0.616. The quantitative estimate of drug-likeness (QED) is 0.647. The normalized spacial score (nSPS) is 16.3. The van der Waals surface area contributed by atoms with Crippen LogP contribution in [0.4, 0.5) is 4.39 Å². The van der Waals surface area contributed by atoms with Crippen LogP contribution in [0, 0.1) is 5.82 Å². The molecule has 1 atom stereocenters. The number of nitrogens with one attached hydrogen (secondary N) is 2. The predicted octanol–water partition coefficient (Wildman–Crippen LogP) is 3.72. The number of para-hydroxylation sites is 1. The summed E-state index contributed by atoms with van der Waals surface area (Å²) in [5.74, 6) is -0.266. The lowest BCUT2D eigenvalue weighted by molar-refractivity contribution is -0.136. The largest absolute Gasteiger partial charge is 0.361 e. The number of benzene rings is 2. The number of hydrogen-bond acceptors (Lipinski definition) is 3. The molecule has 4 rings (SSSR count). The molecule has 29 heavy (non-hydrogen) atoms. The third-order valence-electron chi connectivity index (χ3n) is 4.94. The van der Waals surface area contributed by atoms with E-state index in [-0.39, 0.29) is 29.8 Å². The van der Waals surface area contributed by atoms with E-state index in [0.717, 1.165) is 16.5 Å². The van der Waals surface area contributed by atoms with Gasteiger partial charge >= 0.3 is 0 Å². The highest BCUT2D eigenvalue weighted by Crippen LogP contribution is 2.26. The van der Waals surface area contributed by atoms with Gasteiger partial charge in [-0.25, -0.2) is 4.39 Å². The lowest BCUT2D eigenvalue weighted by Gasteiger charge is -2.23. The Kier molecular flexibility index (Phi) is 5.78. The van der Waals surface area contributed by atoms with Crippen molar-refractivity contribution in [2.24, 2.45) is 0 Å². The summed E-state index contributed by atoms with van der Waals surface area (Å²) in [6.07, 6.45) is 2.06. The summed E-state index contributed by atoms with van der Waals surface area (Å²) in [7, 11) is 0. The summed E-state index contributed by atoms with van der Waals surface area (Å²) >= 11 is 7.19. The van der Waals surface area contributed by atoms with Crippen LogP contribution in [0.5, 0.6) is 0 Å². The minimum absolute atomic E-state index is 0.0162. The molecular weight excluding hydrogens is 413 g/mol. The third kappa shape index (κ3) is 4.11. The van der Waals surface area contributed by atoms with Gasteiger partial charge in [0.05, 0.1) is 11.4 Å². The number of fused-ring (bicyclic) bond motifs is 1. The van der Waals surface area contributed by atoms with Gasteiger partial charge in [-0.1, -0.05) is 41.9 Å². The van der Waals surface area contributed by atoms with Crippen molar-refractivity contribution < 1.29 is 14.0 Å². The maximum Gasteiger partial charge on any atom is 0.253 e. The fraction of sp³-hybridized carbons (Fsp3) is 0.238. The summed E-state index contributed by atoms with van der Waals surface area (Å²) in [5, 5.41) is 3.13. The molecule has 150 valence electrons. The van der Waals surface area contributed by atoms with Crippen molar-refractivity contribution in [2.75, 3.05) is 12.3 Å². The first kappa shape index (κ1) is 19.8. The zero-order valence-electron chi connectivity index (χ0n) is 15.5. The molecule has 0 aliphatic carbocycles. The van der Waals surface area contributed by atoms with Gasteiger partial charge in [0, 0.05) is 41.5 Å². The Balaban J connectivity index is 1.42. The summed E-state index contributed by atoms with van der Waals surface area (Å²) < 4.78 is 14.0. The number of rotatable bonds is 5. The zero-order valence-corrected chi connectivity index (χ0v) is 17.0. The lowest BCUT2D eigenvalue weighted by Crippen LogP contribution is -2.45. The van der Waals surface area contributed by atoms with E-state index in [1.807, 2.05) is 30.5 Å². The number of H-pyrrole nitrogens is 1. The van der Waals surface area contributed by atoms with Crippen LogP contribution in [0.1, 0.15) is 11.1 Å². The van der Waals surface area contributed by atoms with E-state index in [4.69, 9.17) is 11.6 Å². The first-order valence-electron chi connectivity index (χ1n) is 9.21. The average Bonchev–Trinajstić information content (AvgIpc) is 3.37. The second kappa shape index (κ2) is 8.47. The van der Waals surface area contributed by atoms with Crippen molar-refractivity contribution in [1.29, 1.82) is 0 Å². The van der Waals surface area contributed by atoms with E-state index in [1.54, 1.807) is 17.0 Å². The van der Waals surface area contributed by atoms with E-state index in [1.165, 1.54) is 17.8 Å². The molecule has 2 heterocycles. The summed E-state index contributed by atoms with van der Waals surface area (Å²) in [6.45, 7) is 0.530. The second-order valence-electron chi connectivity index (χ2n) is 6.78. The smallest absolute Gasteiger partial charge is 0.253 e. The van der Waals surface area contributed by atoms with Gasteiger partial charge in [0.15, 0.2) is 5.37 Å². The lowest BCUT2D eigenvalue weighted by atomic mass is 10.1. The molecule has 3 aromatic rings. The van der Waals surface area contributed by atoms with Crippen LogP contribution in [0.3, 0.4) is 0 Å². The Labute approximate surface area is 176 Å².